The third kappa shape index (κ3) is 2.84. The number of nitrogens with one attached hydrogen (secondary N) is 2. The van der Waals surface area contributed by atoms with Gasteiger partial charge in [0.2, 0.25) is 5.91 Å². The van der Waals surface area contributed by atoms with Gasteiger partial charge in [0.15, 0.2) is 0 Å². The van der Waals surface area contributed by atoms with Crippen molar-refractivity contribution in [2.45, 2.75) is 39.7 Å². The highest BCUT2D eigenvalue weighted by molar-refractivity contribution is 5.97. The number of carbonyl (C=O) groups is 1. The maximum Gasteiger partial charge on any atom is 0.228 e. The number of carbonyl (C=O) groups excluding carboxylic acids is 1. The zero-order valence-electron chi connectivity index (χ0n) is 14.6. The minimum atomic E-state index is 0.206. The Balaban J connectivity index is 1.46. The first-order chi connectivity index (χ1) is 11.6. The van der Waals surface area contributed by atoms with E-state index in [1.165, 1.54) is 10.9 Å². The van der Waals surface area contributed by atoms with Gasteiger partial charge in [-0.05, 0) is 68.0 Å². The van der Waals surface area contributed by atoms with Crippen LogP contribution in [0.25, 0.3) is 10.9 Å². The van der Waals surface area contributed by atoms with Crippen molar-refractivity contribution >= 4 is 22.5 Å². The zero-order valence-corrected chi connectivity index (χ0v) is 14.6. The summed E-state index contributed by atoms with van der Waals surface area (Å²) >= 11 is 0. The largest absolute Gasteiger partial charge is 0.347 e. The molecule has 1 aliphatic heterocycles. The molecule has 0 radical (unpaired) electrons. The molecular weight excluding hydrogens is 298 g/mol. The number of hydrogen-bond acceptors (Lipinski definition) is 2. The van der Waals surface area contributed by atoms with Gasteiger partial charge in [-0.25, -0.2) is 0 Å². The molecule has 2 fully saturated rings. The van der Waals surface area contributed by atoms with Crippen LogP contribution < -0.4 is 10.6 Å². The van der Waals surface area contributed by atoms with Crippen molar-refractivity contribution in [3.63, 3.8) is 0 Å². The first kappa shape index (κ1) is 15.7. The quantitative estimate of drug-likeness (QED) is 0.902. The van der Waals surface area contributed by atoms with Crippen molar-refractivity contribution in [2.75, 3.05) is 18.4 Å². The van der Waals surface area contributed by atoms with Gasteiger partial charge in [0.1, 0.15) is 0 Å². The number of piperidine rings is 1. The minimum absolute atomic E-state index is 0.206. The molecule has 1 spiro atoms. The SMILES string of the molecule is CC(C)Cn1ccc2cc(NC(=O)C3CC34CCNCC4)ccc21. The predicted molar refractivity (Wildman–Crippen MR) is 98.0 cm³/mol. The molecule has 1 aromatic heterocycles. The molecule has 4 heteroatoms. The Morgan fingerprint density at radius 2 is 2.12 bits per heavy atom. The fourth-order valence-electron chi connectivity index (χ4n) is 4.26. The lowest BCUT2D eigenvalue weighted by Crippen LogP contribution is -2.31. The molecule has 1 saturated heterocycles. The lowest BCUT2D eigenvalue weighted by atomic mass is 9.92. The first-order valence-electron chi connectivity index (χ1n) is 9.18. The second kappa shape index (κ2) is 5.92. The van der Waals surface area contributed by atoms with Gasteiger partial charge in [-0.15, -0.1) is 0 Å². The van der Waals surface area contributed by atoms with Crippen LogP contribution in [0.1, 0.15) is 33.1 Å². The number of anilines is 1. The van der Waals surface area contributed by atoms with Gasteiger partial charge in [-0.2, -0.15) is 0 Å². The summed E-state index contributed by atoms with van der Waals surface area (Å²) in [7, 11) is 0. The Hall–Kier alpha value is -1.81. The Morgan fingerprint density at radius 3 is 2.88 bits per heavy atom. The average molecular weight is 325 g/mol. The summed E-state index contributed by atoms with van der Waals surface area (Å²) < 4.78 is 2.29. The van der Waals surface area contributed by atoms with E-state index >= 15 is 0 Å². The molecule has 1 amide bonds. The molecule has 4 rings (SSSR count). The molecule has 128 valence electrons. The van der Waals surface area contributed by atoms with E-state index in [0.717, 1.165) is 44.6 Å². The molecule has 24 heavy (non-hydrogen) atoms. The molecule has 2 aliphatic rings. The van der Waals surface area contributed by atoms with Gasteiger partial charge >= 0.3 is 0 Å². The van der Waals surface area contributed by atoms with E-state index in [-0.39, 0.29) is 11.8 Å². The summed E-state index contributed by atoms with van der Waals surface area (Å²) in [5, 5.41) is 7.74. The van der Waals surface area contributed by atoms with Gasteiger partial charge in [-0.1, -0.05) is 13.8 Å². The van der Waals surface area contributed by atoms with Crippen LogP contribution in [0.15, 0.2) is 30.5 Å². The summed E-state index contributed by atoms with van der Waals surface area (Å²) in [6.07, 6.45) is 5.49. The van der Waals surface area contributed by atoms with Crippen LogP contribution in [-0.2, 0) is 11.3 Å². The molecule has 2 heterocycles. The Morgan fingerprint density at radius 1 is 1.33 bits per heavy atom. The predicted octanol–water partition coefficient (Wildman–Crippen LogP) is 3.63. The first-order valence-corrected chi connectivity index (χ1v) is 9.18. The van der Waals surface area contributed by atoms with Crippen molar-refractivity contribution in [3.05, 3.63) is 30.5 Å². The maximum absolute atomic E-state index is 12.6. The number of rotatable bonds is 4. The summed E-state index contributed by atoms with van der Waals surface area (Å²) in [6, 6.07) is 8.40. The number of fused-ring (bicyclic) bond motifs is 1. The highest BCUT2D eigenvalue weighted by Gasteiger charge is 2.57. The van der Waals surface area contributed by atoms with Gasteiger partial charge in [0, 0.05) is 35.2 Å². The van der Waals surface area contributed by atoms with Crippen LogP contribution in [0.5, 0.6) is 0 Å². The Labute approximate surface area is 143 Å². The fourth-order valence-corrected chi connectivity index (χ4v) is 4.26. The number of amides is 1. The highest BCUT2D eigenvalue weighted by Crippen LogP contribution is 2.58. The normalized spacial score (nSPS) is 22.2. The number of nitrogens with zero attached hydrogens (tertiary/aromatic N) is 1. The number of aromatic nitrogens is 1. The molecule has 4 nitrogen and oxygen atoms in total. The molecule has 1 unspecified atom stereocenters. The van der Waals surface area contributed by atoms with E-state index in [1.54, 1.807) is 0 Å². The molecule has 0 bridgehead atoms. The Bertz CT molecular complexity index is 755. The lowest BCUT2D eigenvalue weighted by Gasteiger charge is -2.23. The summed E-state index contributed by atoms with van der Waals surface area (Å²) in [4.78, 5) is 12.6. The lowest BCUT2D eigenvalue weighted by molar-refractivity contribution is -0.118. The van der Waals surface area contributed by atoms with E-state index in [1.807, 2.05) is 6.07 Å². The fraction of sp³-hybridized carbons (Fsp3) is 0.550. The zero-order chi connectivity index (χ0) is 16.7. The van der Waals surface area contributed by atoms with Crippen molar-refractivity contribution in [1.29, 1.82) is 0 Å². The minimum Gasteiger partial charge on any atom is -0.347 e. The molecule has 2 N–H and O–H groups in total. The smallest absolute Gasteiger partial charge is 0.228 e. The van der Waals surface area contributed by atoms with Gasteiger partial charge < -0.3 is 15.2 Å². The monoisotopic (exact) mass is 325 g/mol. The van der Waals surface area contributed by atoms with Crippen molar-refractivity contribution in [2.24, 2.45) is 17.3 Å². The van der Waals surface area contributed by atoms with Crippen molar-refractivity contribution in [1.82, 2.24) is 9.88 Å². The van der Waals surface area contributed by atoms with E-state index in [4.69, 9.17) is 0 Å². The standard InChI is InChI=1S/C20H27N3O/c1-14(2)13-23-10-5-15-11-16(3-4-18(15)23)22-19(24)17-12-20(17)6-8-21-9-7-20/h3-5,10-11,14,17,21H,6-9,12-13H2,1-2H3,(H,22,24). The van der Waals surface area contributed by atoms with Crippen molar-refractivity contribution < 1.29 is 4.79 Å². The van der Waals surface area contributed by atoms with E-state index in [9.17, 15) is 4.79 Å². The average Bonchev–Trinajstić information content (AvgIpc) is 3.10. The number of hydrogen-bond donors (Lipinski definition) is 2. The van der Waals surface area contributed by atoms with Crippen LogP contribution >= 0.6 is 0 Å². The summed E-state index contributed by atoms with van der Waals surface area (Å²) in [5.41, 5.74) is 2.45. The second-order valence-corrected chi connectivity index (χ2v) is 7.99. The van der Waals surface area contributed by atoms with Crippen LogP contribution in [0.2, 0.25) is 0 Å². The van der Waals surface area contributed by atoms with Crippen LogP contribution in [0, 0.1) is 17.3 Å². The van der Waals surface area contributed by atoms with E-state index in [0.29, 0.717) is 11.3 Å². The molecular formula is C20H27N3O. The summed E-state index contributed by atoms with van der Waals surface area (Å²) in [5.74, 6) is 1.04. The van der Waals surface area contributed by atoms with E-state index in [2.05, 4.69) is 53.4 Å². The molecule has 1 saturated carbocycles. The second-order valence-electron chi connectivity index (χ2n) is 7.99. The van der Waals surface area contributed by atoms with Crippen molar-refractivity contribution in [3.8, 4) is 0 Å². The number of benzene rings is 1. The molecule has 1 atom stereocenters. The Kier molecular flexibility index (Phi) is 3.87. The highest BCUT2D eigenvalue weighted by atomic mass is 16.2. The van der Waals surface area contributed by atoms with Gasteiger partial charge in [0.25, 0.3) is 0 Å². The van der Waals surface area contributed by atoms with Gasteiger partial charge in [0.05, 0.1) is 0 Å². The third-order valence-electron chi connectivity index (χ3n) is 5.71. The topological polar surface area (TPSA) is 46.1 Å². The summed E-state index contributed by atoms with van der Waals surface area (Å²) in [6.45, 7) is 7.59. The van der Waals surface area contributed by atoms with Crippen LogP contribution in [0.4, 0.5) is 5.69 Å². The molecule has 2 aromatic rings. The van der Waals surface area contributed by atoms with Crippen LogP contribution in [-0.4, -0.2) is 23.6 Å². The third-order valence-corrected chi connectivity index (χ3v) is 5.71. The van der Waals surface area contributed by atoms with Gasteiger partial charge in [-0.3, -0.25) is 4.79 Å². The van der Waals surface area contributed by atoms with Crippen LogP contribution in [0.3, 0.4) is 0 Å². The maximum atomic E-state index is 12.6. The van der Waals surface area contributed by atoms with E-state index < -0.39 is 0 Å². The molecule has 1 aromatic carbocycles. The molecule has 1 aliphatic carbocycles.